The zero-order valence-corrected chi connectivity index (χ0v) is 8.76. The van der Waals surface area contributed by atoms with Crippen LogP contribution in [0.4, 0.5) is 0 Å². The molecule has 72 valence electrons. The van der Waals surface area contributed by atoms with E-state index in [1.165, 1.54) is 12.0 Å². The minimum absolute atomic E-state index is 0.0845. The zero-order valence-electron chi connectivity index (χ0n) is 8.76. The van der Waals surface area contributed by atoms with Crippen LogP contribution in [-0.4, -0.2) is 5.78 Å². The van der Waals surface area contributed by atoms with Gasteiger partial charge in [-0.25, -0.2) is 0 Å². The molecule has 0 aliphatic heterocycles. The number of ketones is 1. The molecule has 0 aromatic rings. The van der Waals surface area contributed by atoms with Gasteiger partial charge in [0.2, 0.25) is 0 Å². The summed E-state index contributed by atoms with van der Waals surface area (Å²) >= 11 is 0. The van der Waals surface area contributed by atoms with Crippen molar-refractivity contribution in [1.29, 1.82) is 0 Å². The van der Waals surface area contributed by atoms with E-state index in [9.17, 15) is 4.79 Å². The Hall–Kier alpha value is -0.590. The second-order valence-electron chi connectivity index (χ2n) is 4.95. The predicted molar refractivity (Wildman–Crippen MR) is 53.4 cm³/mol. The molecule has 2 bridgehead atoms. The van der Waals surface area contributed by atoms with Crippen LogP contribution in [-0.2, 0) is 4.79 Å². The van der Waals surface area contributed by atoms with Crippen LogP contribution in [0, 0.1) is 17.3 Å². The molecule has 0 radical (unpaired) electrons. The van der Waals surface area contributed by atoms with Crippen molar-refractivity contribution in [3.63, 3.8) is 0 Å². The summed E-state index contributed by atoms with van der Waals surface area (Å²) in [6.07, 6.45) is 5.38. The molecule has 0 unspecified atom stereocenters. The molecule has 0 amide bonds. The molecule has 0 aromatic heterocycles. The van der Waals surface area contributed by atoms with Gasteiger partial charge >= 0.3 is 0 Å². The van der Waals surface area contributed by atoms with E-state index in [-0.39, 0.29) is 5.41 Å². The minimum Gasteiger partial charge on any atom is -0.299 e. The third-order valence-electron chi connectivity index (χ3n) is 4.02. The Morgan fingerprint density at radius 1 is 1.54 bits per heavy atom. The van der Waals surface area contributed by atoms with Gasteiger partial charge in [0.25, 0.3) is 0 Å². The quantitative estimate of drug-likeness (QED) is 0.564. The van der Waals surface area contributed by atoms with Crippen LogP contribution in [0.3, 0.4) is 0 Å². The zero-order chi connectivity index (χ0) is 9.64. The molecule has 3 rings (SSSR count). The summed E-state index contributed by atoms with van der Waals surface area (Å²) in [7, 11) is 0. The highest BCUT2D eigenvalue weighted by Crippen LogP contribution is 2.50. The van der Waals surface area contributed by atoms with E-state index in [1.807, 2.05) is 0 Å². The number of fused-ring (bicyclic) bond motifs is 2. The van der Waals surface area contributed by atoms with Crippen LogP contribution in [0.25, 0.3) is 0 Å². The highest BCUT2D eigenvalue weighted by Gasteiger charge is 2.47. The molecule has 0 spiro atoms. The average molecular weight is 178 g/mol. The van der Waals surface area contributed by atoms with E-state index in [1.54, 1.807) is 0 Å². The maximum Gasteiger partial charge on any atom is 0.143 e. The van der Waals surface area contributed by atoms with Gasteiger partial charge in [0.05, 0.1) is 0 Å². The SMILES string of the molecule is CC1=C[C@]2(C(C)C)CC[C@H]1CC2=O. The van der Waals surface area contributed by atoms with Crippen molar-refractivity contribution < 1.29 is 4.79 Å². The molecule has 1 heteroatoms. The van der Waals surface area contributed by atoms with E-state index in [2.05, 4.69) is 26.8 Å². The molecule has 1 nitrogen and oxygen atoms in total. The highest BCUT2D eigenvalue weighted by molar-refractivity contribution is 5.89. The largest absolute Gasteiger partial charge is 0.299 e. The van der Waals surface area contributed by atoms with Crippen LogP contribution in [0.15, 0.2) is 11.6 Å². The Kier molecular flexibility index (Phi) is 1.86. The van der Waals surface area contributed by atoms with Gasteiger partial charge in [0.1, 0.15) is 5.78 Å². The Morgan fingerprint density at radius 3 is 2.62 bits per heavy atom. The standard InChI is InChI=1S/C12H18O/c1-8(2)12-5-4-10(6-11(12)13)9(3)7-12/h7-8,10H,4-6H2,1-3H3/t10-,12-/m0/s1. The fourth-order valence-corrected chi connectivity index (χ4v) is 2.91. The molecule has 0 saturated heterocycles. The summed E-state index contributed by atoms with van der Waals surface area (Å²) in [6.45, 7) is 6.54. The highest BCUT2D eigenvalue weighted by atomic mass is 16.1. The van der Waals surface area contributed by atoms with Crippen LogP contribution in [0.2, 0.25) is 0 Å². The lowest BCUT2D eigenvalue weighted by Gasteiger charge is -2.45. The normalized spacial score (nSPS) is 38.3. The second kappa shape index (κ2) is 2.70. The Bertz CT molecular complexity index is 275. The second-order valence-corrected chi connectivity index (χ2v) is 4.95. The van der Waals surface area contributed by atoms with Gasteiger partial charge in [-0.2, -0.15) is 0 Å². The van der Waals surface area contributed by atoms with Crippen LogP contribution >= 0.6 is 0 Å². The lowest BCUT2D eigenvalue weighted by molar-refractivity contribution is -0.133. The summed E-state index contributed by atoms with van der Waals surface area (Å²) in [5.74, 6) is 1.54. The maximum absolute atomic E-state index is 11.9. The summed E-state index contributed by atoms with van der Waals surface area (Å²) in [4.78, 5) is 11.9. The number of hydrogen-bond donors (Lipinski definition) is 0. The first-order valence-electron chi connectivity index (χ1n) is 5.29. The molecule has 13 heavy (non-hydrogen) atoms. The summed E-state index contributed by atoms with van der Waals surface area (Å²) in [5, 5.41) is 0. The van der Waals surface area contributed by atoms with Gasteiger partial charge in [0, 0.05) is 11.8 Å². The first-order chi connectivity index (χ1) is 6.06. The van der Waals surface area contributed by atoms with Crippen molar-refractivity contribution in [2.45, 2.75) is 40.0 Å². The molecule has 0 heterocycles. The Balaban J connectivity index is 2.45. The summed E-state index contributed by atoms with van der Waals surface area (Å²) in [6, 6.07) is 0. The Labute approximate surface area is 80.2 Å². The molecular formula is C12H18O. The molecule has 3 aliphatic rings. The van der Waals surface area contributed by atoms with Crippen molar-refractivity contribution in [2.24, 2.45) is 17.3 Å². The molecule has 3 aliphatic carbocycles. The van der Waals surface area contributed by atoms with Gasteiger partial charge < -0.3 is 0 Å². The smallest absolute Gasteiger partial charge is 0.143 e. The lowest BCUT2D eigenvalue weighted by atomic mass is 9.57. The van der Waals surface area contributed by atoms with Crippen LogP contribution in [0.5, 0.6) is 0 Å². The van der Waals surface area contributed by atoms with E-state index in [4.69, 9.17) is 0 Å². The van der Waals surface area contributed by atoms with Crippen molar-refractivity contribution in [3.05, 3.63) is 11.6 Å². The average Bonchev–Trinajstić information content (AvgIpc) is 2.07. The van der Waals surface area contributed by atoms with E-state index in [0.29, 0.717) is 17.6 Å². The first-order valence-corrected chi connectivity index (χ1v) is 5.29. The van der Waals surface area contributed by atoms with Crippen molar-refractivity contribution in [1.82, 2.24) is 0 Å². The number of carbonyl (C=O) groups is 1. The molecule has 1 fully saturated rings. The third kappa shape index (κ3) is 1.09. The minimum atomic E-state index is -0.0845. The number of allylic oxidation sites excluding steroid dienone is 2. The molecule has 0 N–H and O–H groups in total. The van der Waals surface area contributed by atoms with Gasteiger partial charge in [0.15, 0.2) is 0 Å². The topological polar surface area (TPSA) is 17.1 Å². The Morgan fingerprint density at radius 2 is 2.23 bits per heavy atom. The van der Waals surface area contributed by atoms with Crippen LogP contribution < -0.4 is 0 Å². The fraction of sp³-hybridized carbons (Fsp3) is 0.750. The van der Waals surface area contributed by atoms with Crippen molar-refractivity contribution in [3.8, 4) is 0 Å². The van der Waals surface area contributed by atoms with Gasteiger partial charge in [-0.15, -0.1) is 0 Å². The summed E-state index contributed by atoms with van der Waals surface area (Å²) < 4.78 is 0. The van der Waals surface area contributed by atoms with Crippen molar-refractivity contribution in [2.75, 3.05) is 0 Å². The van der Waals surface area contributed by atoms with E-state index >= 15 is 0 Å². The van der Waals surface area contributed by atoms with Crippen molar-refractivity contribution >= 4 is 5.78 Å². The van der Waals surface area contributed by atoms with Crippen LogP contribution in [0.1, 0.15) is 40.0 Å². The number of carbonyl (C=O) groups excluding carboxylic acids is 1. The van der Waals surface area contributed by atoms with Gasteiger partial charge in [-0.1, -0.05) is 25.5 Å². The number of hydrogen-bond acceptors (Lipinski definition) is 1. The molecule has 1 saturated carbocycles. The number of rotatable bonds is 1. The van der Waals surface area contributed by atoms with E-state index in [0.717, 1.165) is 12.8 Å². The van der Waals surface area contributed by atoms with E-state index < -0.39 is 0 Å². The summed E-state index contributed by atoms with van der Waals surface area (Å²) in [5.41, 5.74) is 1.37. The molecule has 2 atom stereocenters. The van der Waals surface area contributed by atoms with Gasteiger partial charge in [-0.3, -0.25) is 4.79 Å². The molecular weight excluding hydrogens is 160 g/mol. The lowest BCUT2D eigenvalue weighted by Crippen LogP contribution is -2.44. The molecule has 0 aromatic carbocycles. The third-order valence-corrected chi connectivity index (χ3v) is 4.02. The monoisotopic (exact) mass is 178 g/mol. The first kappa shape index (κ1) is 8.98. The maximum atomic E-state index is 11.9. The fourth-order valence-electron chi connectivity index (χ4n) is 2.91. The van der Waals surface area contributed by atoms with Gasteiger partial charge in [-0.05, 0) is 31.6 Å². The predicted octanol–water partition coefficient (Wildman–Crippen LogP) is 2.96. The number of Topliss-reactive ketones (excluding diaryl/α,β-unsaturated/α-hetero) is 1.